The molecule has 4 rings (SSSR count). The molecule has 3 aromatic rings. The molecule has 1 aliphatic rings. The quantitative estimate of drug-likeness (QED) is 0.526. The highest BCUT2D eigenvalue weighted by Crippen LogP contribution is 2.43. The van der Waals surface area contributed by atoms with E-state index in [9.17, 15) is 4.79 Å². The van der Waals surface area contributed by atoms with Crippen molar-refractivity contribution in [2.24, 2.45) is 0 Å². The van der Waals surface area contributed by atoms with Gasteiger partial charge in [0.15, 0.2) is 6.04 Å². The maximum absolute atomic E-state index is 13.0. The van der Waals surface area contributed by atoms with Gasteiger partial charge in [0, 0.05) is 10.7 Å². The lowest BCUT2D eigenvalue weighted by Crippen LogP contribution is -2.39. The third-order valence-electron chi connectivity index (χ3n) is 4.99. The van der Waals surface area contributed by atoms with E-state index in [4.69, 9.17) is 16.3 Å². The number of benzene rings is 3. The number of halogens is 1. The number of rotatable bonds is 4. The Morgan fingerprint density at radius 3 is 2.36 bits per heavy atom. The van der Waals surface area contributed by atoms with E-state index >= 15 is 0 Å². The summed E-state index contributed by atoms with van der Waals surface area (Å²) in [5.74, 6) is -0.312. The average molecular weight is 390 g/mol. The molecule has 3 aromatic carbocycles. The van der Waals surface area contributed by atoms with Crippen molar-refractivity contribution in [2.75, 3.05) is 12.0 Å². The summed E-state index contributed by atoms with van der Waals surface area (Å²) in [6.45, 7) is 0. The number of anilines is 1. The maximum atomic E-state index is 13.0. The Morgan fingerprint density at radius 1 is 1.00 bits per heavy atom. The van der Waals surface area contributed by atoms with Gasteiger partial charge in [0.25, 0.3) is 0 Å². The normalized spacial score (nSPS) is 16.4. The molecular formula is C24H20ClNO2. The molecule has 140 valence electrons. The van der Waals surface area contributed by atoms with Crippen molar-refractivity contribution in [1.82, 2.24) is 0 Å². The Labute approximate surface area is 169 Å². The van der Waals surface area contributed by atoms with Crippen LogP contribution in [0, 0.1) is 0 Å². The average Bonchev–Trinajstić information content (AvgIpc) is 2.75. The van der Waals surface area contributed by atoms with Crippen LogP contribution < -0.4 is 4.90 Å². The molecule has 0 aliphatic carbocycles. The smallest absolute Gasteiger partial charge is 0.333 e. The molecule has 3 nitrogen and oxygen atoms in total. The Morgan fingerprint density at radius 2 is 1.68 bits per heavy atom. The van der Waals surface area contributed by atoms with Crippen molar-refractivity contribution < 1.29 is 9.53 Å². The minimum absolute atomic E-state index is 0.128. The van der Waals surface area contributed by atoms with Crippen LogP contribution in [-0.4, -0.2) is 13.1 Å². The second-order valence-electron chi connectivity index (χ2n) is 6.66. The van der Waals surface area contributed by atoms with Gasteiger partial charge in [0.2, 0.25) is 0 Å². The van der Waals surface area contributed by atoms with E-state index in [0.29, 0.717) is 5.02 Å². The summed E-state index contributed by atoms with van der Waals surface area (Å²) in [6.07, 6.45) is 4.20. The Kier molecular flexibility index (Phi) is 5.18. The fourth-order valence-corrected chi connectivity index (χ4v) is 3.86. The molecule has 0 radical (unpaired) electrons. The second-order valence-corrected chi connectivity index (χ2v) is 7.10. The van der Waals surface area contributed by atoms with Gasteiger partial charge in [-0.3, -0.25) is 0 Å². The number of esters is 1. The minimum atomic E-state index is -0.599. The number of ether oxygens (including phenoxy) is 1. The zero-order valence-electron chi connectivity index (χ0n) is 15.5. The lowest BCUT2D eigenvalue weighted by molar-refractivity contribution is -0.142. The van der Waals surface area contributed by atoms with E-state index in [0.717, 1.165) is 22.4 Å². The summed E-state index contributed by atoms with van der Waals surface area (Å²) in [5.41, 5.74) is 3.88. The number of carbonyl (C=O) groups excluding carboxylic acids is 1. The summed E-state index contributed by atoms with van der Waals surface area (Å²) in [6, 6.07) is 24.9. The number of hydrogen-bond donors (Lipinski definition) is 0. The second kappa shape index (κ2) is 7.91. The van der Waals surface area contributed by atoms with E-state index in [-0.39, 0.29) is 12.0 Å². The Balaban J connectivity index is 1.93. The monoisotopic (exact) mass is 389 g/mol. The molecule has 28 heavy (non-hydrogen) atoms. The van der Waals surface area contributed by atoms with Crippen LogP contribution in [0.5, 0.6) is 0 Å². The highest BCUT2D eigenvalue weighted by atomic mass is 35.5. The van der Waals surface area contributed by atoms with Gasteiger partial charge in [-0.15, -0.1) is 0 Å². The van der Waals surface area contributed by atoms with Crippen LogP contribution >= 0.6 is 11.6 Å². The van der Waals surface area contributed by atoms with Crippen LogP contribution in [0.3, 0.4) is 0 Å². The molecule has 2 atom stereocenters. The van der Waals surface area contributed by atoms with Gasteiger partial charge in [0.1, 0.15) is 0 Å². The van der Waals surface area contributed by atoms with Gasteiger partial charge >= 0.3 is 5.97 Å². The summed E-state index contributed by atoms with van der Waals surface area (Å²) < 4.78 is 5.21. The first-order valence-corrected chi connectivity index (χ1v) is 9.50. The highest BCUT2D eigenvalue weighted by Gasteiger charge is 2.36. The van der Waals surface area contributed by atoms with Crippen molar-refractivity contribution in [3.8, 4) is 0 Å². The first-order valence-electron chi connectivity index (χ1n) is 9.13. The third-order valence-corrected chi connectivity index (χ3v) is 5.22. The van der Waals surface area contributed by atoms with Crippen LogP contribution in [0.25, 0.3) is 6.08 Å². The van der Waals surface area contributed by atoms with Crippen molar-refractivity contribution in [1.29, 1.82) is 0 Å². The van der Waals surface area contributed by atoms with Crippen LogP contribution in [0.4, 0.5) is 5.69 Å². The fraction of sp³-hybridized carbons (Fsp3) is 0.125. The van der Waals surface area contributed by atoms with Crippen molar-refractivity contribution in [2.45, 2.75) is 12.1 Å². The van der Waals surface area contributed by atoms with E-state index in [1.165, 1.54) is 7.11 Å². The predicted molar refractivity (Wildman–Crippen MR) is 113 cm³/mol. The molecule has 1 heterocycles. The summed E-state index contributed by atoms with van der Waals surface area (Å²) in [7, 11) is 1.43. The molecule has 0 saturated heterocycles. The van der Waals surface area contributed by atoms with Gasteiger partial charge in [-0.2, -0.15) is 0 Å². The molecule has 0 fully saturated rings. The van der Waals surface area contributed by atoms with E-state index in [1.54, 1.807) is 0 Å². The number of fused-ring (bicyclic) bond motifs is 1. The van der Waals surface area contributed by atoms with Crippen LogP contribution in [-0.2, 0) is 9.53 Å². The van der Waals surface area contributed by atoms with Crippen molar-refractivity contribution >= 4 is 29.3 Å². The summed E-state index contributed by atoms with van der Waals surface area (Å²) in [5, 5.41) is 0.627. The molecule has 0 aromatic heterocycles. The topological polar surface area (TPSA) is 29.5 Å². The van der Waals surface area contributed by atoms with Gasteiger partial charge < -0.3 is 9.64 Å². The molecule has 0 unspecified atom stereocenters. The first-order chi connectivity index (χ1) is 13.7. The van der Waals surface area contributed by atoms with Gasteiger partial charge in [-0.05, 0) is 28.8 Å². The SMILES string of the molecule is COC(=O)[C@H](c1ccccc1)N1c2cc(Cl)ccc2C=C[C@@H]1c1ccccc1. The molecule has 0 amide bonds. The number of methoxy groups -OCH3 is 1. The zero-order valence-corrected chi connectivity index (χ0v) is 16.2. The van der Waals surface area contributed by atoms with Crippen LogP contribution in [0.15, 0.2) is 84.9 Å². The Bertz CT molecular complexity index is 1000. The maximum Gasteiger partial charge on any atom is 0.333 e. The van der Waals surface area contributed by atoms with E-state index in [2.05, 4.69) is 29.2 Å². The fourth-order valence-electron chi connectivity index (χ4n) is 3.70. The zero-order chi connectivity index (χ0) is 19.5. The van der Waals surface area contributed by atoms with Crippen molar-refractivity contribution in [3.63, 3.8) is 0 Å². The van der Waals surface area contributed by atoms with E-state index in [1.807, 2.05) is 66.7 Å². The first kappa shape index (κ1) is 18.3. The molecule has 1 aliphatic heterocycles. The number of nitrogens with zero attached hydrogens (tertiary/aromatic N) is 1. The van der Waals surface area contributed by atoms with Gasteiger partial charge in [-0.25, -0.2) is 4.79 Å². The highest BCUT2D eigenvalue weighted by molar-refractivity contribution is 6.31. The minimum Gasteiger partial charge on any atom is -0.467 e. The molecular weight excluding hydrogens is 370 g/mol. The number of carbonyl (C=O) groups is 1. The lowest BCUT2D eigenvalue weighted by Gasteiger charge is -2.40. The van der Waals surface area contributed by atoms with Crippen LogP contribution in [0.2, 0.25) is 5.02 Å². The predicted octanol–water partition coefficient (Wildman–Crippen LogP) is 5.83. The van der Waals surface area contributed by atoms with E-state index < -0.39 is 6.04 Å². The van der Waals surface area contributed by atoms with Gasteiger partial charge in [0.05, 0.1) is 13.2 Å². The molecule has 0 bridgehead atoms. The number of hydrogen-bond acceptors (Lipinski definition) is 3. The standard InChI is InChI=1S/C24H20ClNO2/c1-28-24(27)23(19-10-6-3-7-11-19)26-21(17-8-4-2-5-9-17)15-13-18-12-14-20(25)16-22(18)26/h2-16,21,23H,1H3/t21-,23+/m1/s1. The summed E-state index contributed by atoms with van der Waals surface area (Å²) in [4.78, 5) is 15.1. The lowest BCUT2D eigenvalue weighted by atomic mass is 9.93. The van der Waals surface area contributed by atoms with Gasteiger partial charge in [-0.1, -0.05) is 90.5 Å². The van der Waals surface area contributed by atoms with Crippen LogP contribution in [0.1, 0.15) is 28.8 Å². The van der Waals surface area contributed by atoms with Crippen molar-refractivity contribution in [3.05, 3.63) is 107 Å². The Hall–Kier alpha value is -3.04. The molecule has 0 saturated carbocycles. The largest absolute Gasteiger partial charge is 0.467 e. The molecule has 0 spiro atoms. The molecule has 4 heteroatoms. The molecule has 0 N–H and O–H groups in total. The summed E-state index contributed by atoms with van der Waals surface area (Å²) >= 11 is 6.33. The third kappa shape index (κ3) is 3.41.